The van der Waals surface area contributed by atoms with Crippen LogP contribution in [-0.4, -0.2) is 15.7 Å². The summed E-state index contributed by atoms with van der Waals surface area (Å²) in [5.41, 5.74) is 1.38. The van der Waals surface area contributed by atoms with Crippen LogP contribution in [0.25, 0.3) is 11.8 Å². The van der Waals surface area contributed by atoms with E-state index >= 15 is 0 Å². The number of anilines is 1. The van der Waals surface area contributed by atoms with Crippen LogP contribution in [0.15, 0.2) is 48.0 Å². The first kappa shape index (κ1) is 20.9. The minimum Gasteiger partial charge on any atom is -0.319 e. The van der Waals surface area contributed by atoms with Crippen molar-refractivity contribution in [1.29, 1.82) is 5.26 Å². The van der Waals surface area contributed by atoms with Gasteiger partial charge in [-0.1, -0.05) is 40.9 Å². The topological polar surface area (TPSA) is 70.7 Å². The predicted molar refractivity (Wildman–Crippen MR) is 112 cm³/mol. The second-order valence-corrected chi connectivity index (χ2v) is 7.07. The summed E-state index contributed by atoms with van der Waals surface area (Å²) in [5, 5.41) is 16.9. The van der Waals surface area contributed by atoms with Crippen LogP contribution in [0.5, 0.6) is 0 Å². The molecule has 5 nitrogen and oxygen atoms in total. The number of nitriles is 1. The fourth-order valence-corrected chi connectivity index (χ4v) is 3.34. The lowest BCUT2D eigenvalue weighted by Crippen LogP contribution is -2.14. The quantitative estimate of drug-likeness (QED) is 0.403. The van der Waals surface area contributed by atoms with Crippen LogP contribution in [0.3, 0.4) is 0 Å². The summed E-state index contributed by atoms with van der Waals surface area (Å²) in [6.07, 6.45) is 1.32. The van der Waals surface area contributed by atoms with Gasteiger partial charge in [0.05, 0.1) is 27.1 Å². The molecule has 1 heterocycles. The summed E-state index contributed by atoms with van der Waals surface area (Å²) in [7, 11) is 0. The Morgan fingerprint density at radius 1 is 1.17 bits per heavy atom. The summed E-state index contributed by atoms with van der Waals surface area (Å²) >= 11 is 18.5. The van der Waals surface area contributed by atoms with E-state index in [2.05, 4.69) is 10.4 Å². The molecule has 9 heteroatoms. The smallest absolute Gasteiger partial charge is 0.266 e. The third-order valence-electron chi connectivity index (χ3n) is 3.97. The first-order valence-corrected chi connectivity index (χ1v) is 9.33. The number of para-hydroxylation sites is 1. The zero-order valence-corrected chi connectivity index (χ0v) is 17.1. The zero-order chi connectivity index (χ0) is 21.1. The number of benzene rings is 2. The van der Waals surface area contributed by atoms with Crippen molar-refractivity contribution in [3.05, 3.63) is 80.3 Å². The molecule has 2 aromatic carbocycles. The molecule has 0 atom stereocenters. The van der Waals surface area contributed by atoms with Gasteiger partial charge in [0.1, 0.15) is 22.6 Å². The fraction of sp³-hybridized carbons (Fsp3) is 0.0500. The molecule has 1 N–H and O–H groups in total. The van der Waals surface area contributed by atoms with Crippen LogP contribution in [0, 0.1) is 24.1 Å². The zero-order valence-electron chi connectivity index (χ0n) is 14.9. The van der Waals surface area contributed by atoms with E-state index in [4.69, 9.17) is 34.8 Å². The van der Waals surface area contributed by atoms with Crippen molar-refractivity contribution in [3.8, 4) is 11.8 Å². The second-order valence-electron chi connectivity index (χ2n) is 5.90. The number of nitrogens with zero attached hydrogens (tertiary/aromatic N) is 3. The van der Waals surface area contributed by atoms with Gasteiger partial charge >= 0.3 is 0 Å². The number of hydrogen-bond donors (Lipinski definition) is 1. The van der Waals surface area contributed by atoms with E-state index in [9.17, 15) is 14.4 Å². The molecule has 29 heavy (non-hydrogen) atoms. The first-order valence-electron chi connectivity index (χ1n) is 8.20. The molecule has 3 aromatic rings. The maximum absolute atomic E-state index is 13.2. The number of nitrogens with one attached hydrogen (secondary N) is 1. The number of aryl methyl sites for hydroxylation is 1. The highest BCUT2D eigenvalue weighted by Gasteiger charge is 2.18. The molecule has 3 rings (SSSR count). The van der Waals surface area contributed by atoms with E-state index in [1.165, 1.54) is 35.0 Å². The second kappa shape index (κ2) is 8.66. The summed E-state index contributed by atoms with van der Waals surface area (Å²) in [5.74, 6) is -1.09. The van der Waals surface area contributed by atoms with Gasteiger partial charge in [-0.3, -0.25) is 4.79 Å². The van der Waals surface area contributed by atoms with Gasteiger partial charge in [0.2, 0.25) is 0 Å². The monoisotopic (exact) mass is 448 g/mol. The normalized spacial score (nSPS) is 11.2. The average molecular weight is 450 g/mol. The lowest BCUT2D eigenvalue weighted by molar-refractivity contribution is -0.112. The highest BCUT2D eigenvalue weighted by Crippen LogP contribution is 2.31. The van der Waals surface area contributed by atoms with Gasteiger partial charge in [0, 0.05) is 5.56 Å². The highest BCUT2D eigenvalue weighted by molar-refractivity contribution is 6.40. The molecule has 0 unspecified atom stereocenters. The molecule has 0 aliphatic heterocycles. The Morgan fingerprint density at radius 3 is 2.38 bits per heavy atom. The number of amides is 1. The summed E-state index contributed by atoms with van der Waals surface area (Å²) in [6, 6.07) is 12.2. The van der Waals surface area contributed by atoms with Crippen molar-refractivity contribution in [2.24, 2.45) is 0 Å². The molecular formula is C20H12Cl3FN4O. The SMILES string of the molecule is Cc1nn(-c2ccc(F)cc2)c(Cl)c1/C=C(\C#N)C(=O)Nc1c(Cl)cccc1Cl. The number of hydrogen-bond acceptors (Lipinski definition) is 3. The summed E-state index contributed by atoms with van der Waals surface area (Å²) in [6.45, 7) is 1.68. The fourth-order valence-electron chi connectivity index (χ4n) is 2.52. The Bertz CT molecular complexity index is 1140. The Hall–Kier alpha value is -2.85. The average Bonchev–Trinajstić information content (AvgIpc) is 2.97. The molecule has 0 spiro atoms. The Labute approximate surface area is 180 Å². The van der Waals surface area contributed by atoms with Gasteiger partial charge in [-0.2, -0.15) is 10.4 Å². The van der Waals surface area contributed by atoms with E-state index in [-0.39, 0.29) is 26.5 Å². The molecule has 0 bridgehead atoms. The lowest BCUT2D eigenvalue weighted by atomic mass is 10.1. The van der Waals surface area contributed by atoms with Crippen LogP contribution in [0.4, 0.5) is 10.1 Å². The number of aromatic nitrogens is 2. The maximum atomic E-state index is 13.2. The Morgan fingerprint density at radius 2 is 1.79 bits per heavy atom. The summed E-state index contributed by atoms with van der Waals surface area (Å²) < 4.78 is 14.5. The van der Waals surface area contributed by atoms with Gasteiger partial charge < -0.3 is 5.32 Å². The van der Waals surface area contributed by atoms with Gasteiger partial charge in [0.25, 0.3) is 5.91 Å². The van der Waals surface area contributed by atoms with Crippen LogP contribution < -0.4 is 5.32 Å². The number of halogens is 4. The first-order chi connectivity index (χ1) is 13.8. The van der Waals surface area contributed by atoms with Crippen molar-refractivity contribution in [2.45, 2.75) is 6.92 Å². The van der Waals surface area contributed by atoms with Crippen LogP contribution in [0.1, 0.15) is 11.3 Å². The maximum Gasteiger partial charge on any atom is 0.266 e. The number of rotatable bonds is 4. The van der Waals surface area contributed by atoms with E-state index < -0.39 is 11.7 Å². The molecule has 0 saturated heterocycles. The molecule has 146 valence electrons. The largest absolute Gasteiger partial charge is 0.319 e. The number of carbonyl (C=O) groups excluding carboxylic acids is 1. The summed E-state index contributed by atoms with van der Waals surface area (Å²) in [4.78, 5) is 12.6. The van der Waals surface area contributed by atoms with Crippen LogP contribution in [-0.2, 0) is 4.79 Å². The van der Waals surface area contributed by atoms with E-state index in [1.807, 2.05) is 6.07 Å². The Balaban J connectivity index is 1.96. The molecule has 0 fully saturated rings. The minimum absolute atomic E-state index is 0.172. The van der Waals surface area contributed by atoms with E-state index in [0.29, 0.717) is 16.9 Å². The van der Waals surface area contributed by atoms with Crippen molar-refractivity contribution in [1.82, 2.24) is 9.78 Å². The highest BCUT2D eigenvalue weighted by atomic mass is 35.5. The minimum atomic E-state index is -0.701. The van der Waals surface area contributed by atoms with Gasteiger partial charge in [-0.05, 0) is 49.4 Å². The standard InChI is InChI=1S/C20H12Cl3FN4O/c1-11-15(19(23)28(27-11)14-7-5-13(24)6-8-14)9-12(10-25)20(29)26-18-16(21)3-2-4-17(18)22/h2-9H,1H3,(H,26,29)/b12-9+. The Kier molecular flexibility index (Phi) is 6.23. The third-order valence-corrected chi connectivity index (χ3v) is 4.97. The number of carbonyl (C=O) groups is 1. The van der Waals surface area contributed by atoms with Gasteiger partial charge in [0.15, 0.2) is 0 Å². The van der Waals surface area contributed by atoms with E-state index in [1.54, 1.807) is 25.1 Å². The van der Waals surface area contributed by atoms with Crippen molar-refractivity contribution in [2.75, 3.05) is 5.32 Å². The van der Waals surface area contributed by atoms with Crippen molar-refractivity contribution in [3.63, 3.8) is 0 Å². The molecule has 1 aromatic heterocycles. The molecule has 1 amide bonds. The van der Waals surface area contributed by atoms with E-state index in [0.717, 1.165) is 0 Å². The van der Waals surface area contributed by atoms with Gasteiger partial charge in [-0.25, -0.2) is 9.07 Å². The lowest BCUT2D eigenvalue weighted by Gasteiger charge is -2.08. The van der Waals surface area contributed by atoms with Crippen LogP contribution >= 0.6 is 34.8 Å². The molecule has 0 radical (unpaired) electrons. The molecular weight excluding hydrogens is 438 g/mol. The third kappa shape index (κ3) is 4.43. The van der Waals surface area contributed by atoms with Crippen molar-refractivity contribution < 1.29 is 9.18 Å². The van der Waals surface area contributed by atoms with Crippen LogP contribution in [0.2, 0.25) is 15.2 Å². The predicted octanol–water partition coefficient (Wildman–Crippen LogP) is 5.83. The van der Waals surface area contributed by atoms with Gasteiger partial charge in [-0.15, -0.1) is 0 Å². The molecule has 0 aliphatic carbocycles. The molecule has 0 aliphatic rings. The molecule has 0 saturated carbocycles. The van der Waals surface area contributed by atoms with Crippen molar-refractivity contribution >= 4 is 52.5 Å².